The summed E-state index contributed by atoms with van der Waals surface area (Å²) >= 11 is 0. The second kappa shape index (κ2) is 3.67. The van der Waals surface area contributed by atoms with E-state index < -0.39 is 0 Å². The molecule has 1 unspecified atom stereocenters. The molecule has 1 aromatic carbocycles. The largest absolute Gasteiger partial charge is 0.504 e. The van der Waals surface area contributed by atoms with Crippen LogP contribution < -0.4 is 5.32 Å². The van der Waals surface area contributed by atoms with Gasteiger partial charge in [0, 0.05) is 11.6 Å². The Morgan fingerprint density at radius 3 is 2.94 bits per heavy atom. The number of fused-ring (bicyclic) bond motifs is 2. The lowest BCUT2D eigenvalue weighted by atomic mass is 9.76. The number of hydrogen-bond donors (Lipinski definition) is 3. The van der Waals surface area contributed by atoms with Gasteiger partial charge in [0.05, 0.1) is 0 Å². The third-order valence-corrected chi connectivity index (χ3v) is 3.99. The topological polar surface area (TPSA) is 52.5 Å². The zero-order valence-corrected chi connectivity index (χ0v) is 9.24. The summed E-state index contributed by atoms with van der Waals surface area (Å²) in [5, 5.41) is 22.9. The SMILES string of the molecule is Oc1ccc2c(c1O)CC1CCCN[C@H]1C2. The Morgan fingerprint density at radius 1 is 1.19 bits per heavy atom. The molecule has 1 aliphatic heterocycles. The van der Waals surface area contributed by atoms with Crippen molar-refractivity contribution in [2.45, 2.75) is 31.7 Å². The minimum absolute atomic E-state index is 0.0148. The normalized spacial score (nSPS) is 28.2. The zero-order chi connectivity index (χ0) is 11.1. The second-order valence-corrected chi connectivity index (χ2v) is 4.94. The van der Waals surface area contributed by atoms with Gasteiger partial charge in [-0.05, 0) is 49.8 Å². The highest BCUT2D eigenvalue weighted by Crippen LogP contribution is 2.39. The molecular weight excluding hydrogens is 202 g/mol. The number of rotatable bonds is 0. The Bertz CT molecular complexity index is 417. The third-order valence-electron chi connectivity index (χ3n) is 3.99. The predicted molar refractivity (Wildman–Crippen MR) is 61.7 cm³/mol. The Balaban J connectivity index is 1.98. The molecule has 1 saturated heterocycles. The van der Waals surface area contributed by atoms with Crippen LogP contribution in [0, 0.1) is 5.92 Å². The van der Waals surface area contributed by atoms with Crippen LogP contribution in [0.25, 0.3) is 0 Å². The number of nitrogens with one attached hydrogen (secondary N) is 1. The molecule has 3 heteroatoms. The highest BCUT2D eigenvalue weighted by molar-refractivity contribution is 5.50. The van der Waals surface area contributed by atoms with E-state index in [1.165, 1.54) is 18.4 Å². The molecule has 1 fully saturated rings. The summed E-state index contributed by atoms with van der Waals surface area (Å²) in [6.07, 6.45) is 4.32. The van der Waals surface area contributed by atoms with E-state index in [9.17, 15) is 10.2 Å². The van der Waals surface area contributed by atoms with Crippen LogP contribution in [0.2, 0.25) is 0 Å². The smallest absolute Gasteiger partial charge is 0.160 e. The van der Waals surface area contributed by atoms with Crippen molar-refractivity contribution in [2.24, 2.45) is 5.92 Å². The Hall–Kier alpha value is -1.22. The van der Waals surface area contributed by atoms with E-state index in [0.29, 0.717) is 12.0 Å². The molecule has 1 aliphatic carbocycles. The highest BCUT2D eigenvalue weighted by Gasteiger charge is 2.32. The molecular formula is C13H17NO2. The minimum atomic E-state index is 0.0148. The first-order valence-electron chi connectivity index (χ1n) is 6.02. The van der Waals surface area contributed by atoms with Crippen molar-refractivity contribution in [3.05, 3.63) is 23.3 Å². The Kier molecular flexibility index (Phi) is 2.28. The molecule has 0 spiro atoms. The number of phenolic OH excluding ortho intramolecular Hbond substituents is 2. The highest BCUT2D eigenvalue weighted by atomic mass is 16.3. The van der Waals surface area contributed by atoms with Gasteiger partial charge >= 0.3 is 0 Å². The van der Waals surface area contributed by atoms with Crippen LogP contribution in [-0.4, -0.2) is 22.8 Å². The fourth-order valence-electron chi connectivity index (χ4n) is 3.09. The summed E-state index contributed by atoms with van der Waals surface area (Å²) in [4.78, 5) is 0. The molecule has 2 atom stereocenters. The van der Waals surface area contributed by atoms with Gasteiger partial charge in [0.25, 0.3) is 0 Å². The van der Waals surface area contributed by atoms with E-state index in [1.54, 1.807) is 6.07 Å². The molecule has 0 bridgehead atoms. The first-order chi connectivity index (χ1) is 7.75. The van der Waals surface area contributed by atoms with Crippen LogP contribution in [-0.2, 0) is 12.8 Å². The van der Waals surface area contributed by atoms with Crippen LogP contribution in [0.3, 0.4) is 0 Å². The quantitative estimate of drug-likeness (QED) is 0.580. The van der Waals surface area contributed by atoms with Crippen molar-refractivity contribution < 1.29 is 10.2 Å². The summed E-state index contributed by atoms with van der Waals surface area (Å²) in [6, 6.07) is 4.10. The van der Waals surface area contributed by atoms with Crippen molar-refractivity contribution in [1.82, 2.24) is 5.32 Å². The molecule has 1 heterocycles. The molecule has 0 aromatic heterocycles. The van der Waals surface area contributed by atoms with Crippen molar-refractivity contribution >= 4 is 0 Å². The number of aromatic hydroxyl groups is 2. The first-order valence-corrected chi connectivity index (χ1v) is 6.02. The van der Waals surface area contributed by atoms with Gasteiger partial charge in [0.1, 0.15) is 0 Å². The Labute approximate surface area is 95.1 Å². The molecule has 0 amide bonds. The third kappa shape index (κ3) is 1.47. The number of hydrogen-bond acceptors (Lipinski definition) is 3. The summed E-state index contributed by atoms with van der Waals surface area (Å²) in [6.45, 7) is 1.11. The molecule has 3 nitrogen and oxygen atoms in total. The van der Waals surface area contributed by atoms with E-state index in [2.05, 4.69) is 5.32 Å². The summed E-state index contributed by atoms with van der Waals surface area (Å²) in [5.41, 5.74) is 2.15. The van der Waals surface area contributed by atoms with Gasteiger partial charge in [-0.25, -0.2) is 0 Å². The average Bonchev–Trinajstić information content (AvgIpc) is 2.32. The van der Waals surface area contributed by atoms with Crippen LogP contribution in [0.15, 0.2) is 12.1 Å². The van der Waals surface area contributed by atoms with Crippen molar-refractivity contribution in [3.63, 3.8) is 0 Å². The van der Waals surface area contributed by atoms with Gasteiger partial charge < -0.3 is 15.5 Å². The van der Waals surface area contributed by atoms with E-state index in [0.717, 1.165) is 24.9 Å². The van der Waals surface area contributed by atoms with Crippen molar-refractivity contribution in [1.29, 1.82) is 0 Å². The van der Waals surface area contributed by atoms with Crippen LogP contribution in [0.5, 0.6) is 11.5 Å². The van der Waals surface area contributed by atoms with Gasteiger partial charge in [-0.3, -0.25) is 0 Å². The van der Waals surface area contributed by atoms with E-state index in [4.69, 9.17) is 0 Å². The van der Waals surface area contributed by atoms with Gasteiger partial charge in [-0.15, -0.1) is 0 Å². The molecule has 2 aliphatic rings. The Morgan fingerprint density at radius 2 is 2.06 bits per heavy atom. The average molecular weight is 219 g/mol. The van der Waals surface area contributed by atoms with Gasteiger partial charge in [0.2, 0.25) is 0 Å². The first kappa shape index (κ1) is 9.97. The van der Waals surface area contributed by atoms with E-state index in [1.807, 2.05) is 6.07 Å². The maximum Gasteiger partial charge on any atom is 0.160 e. The molecule has 1 aromatic rings. The molecule has 3 rings (SSSR count). The van der Waals surface area contributed by atoms with Crippen LogP contribution in [0.1, 0.15) is 24.0 Å². The van der Waals surface area contributed by atoms with E-state index in [-0.39, 0.29) is 11.5 Å². The summed E-state index contributed by atoms with van der Waals surface area (Å²) in [7, 11) is 0. The summed E-state index contributed by atoms with van der Waals surface area (Å²) < 4.78 is 0. The number of piperidine rings is 1. The number of benzene rings is 1. The monoisotopic (exact) mass is 219 g/mol. The van der Waals surface area contributed by atoms with E-state index >= 15 is 0 Å². The molecule has 16 heavy (non-hydrogen) atoms. The molecule has 3 N–H and O–H groups in total. The fraction of sp³-hybridized carbons (Fsp3) is 0.538. The predicted octanol–water partition coefficient (Wildman–Crippen LogP) is 1.56. The zero-order valence-electron chi connectivity index (χ0n) is 9.24. The van der Waals surface area contributed by atoms with Gasteiger partial charge in [-0.2, -0.15) is 0 Å². The fourth-order valence-corrected chi connectivity index (χ4v) is 3.09. The van der Waals surface area contributed by atoms with Gasteiger partial charge in [0.15, 0.2) is 11.5 Å². The van der Waals surface area contributed by atoms with Crippen LogP contribution >= 0.6 is 0 Å². The van der Waals surface area contributed by atoms with Crippen molar-refractivity contribution in [3.8, 4) is 11.5 Å². The van der Waals surface area contributed by atoms with Crippen LogP contribution in [0.4, 0.5) is 0 Å². The van der Waals surface area contributed by atoms with Gasteiger partial charge in [-0.1, -0.05) is 6.07 Å². The second-order valence-electron chi connectivity index (χ2n) is 4.94. The maximum absolute atomic E-state index is 9.86. The van der Waals surface area contributed by atoms with Crippen molar-refractivity contribution in [2.75, 3.05) is 6.54 Å². The molecule has 0 radical (unpaired) electrons. The molecule has 86 valence electrons. The number of phenols is 2. The minimum Gasteiger partial charge on any atom is -0.504 e. The maximum atomic E-state index is 9.86. The summed E-state index contributed by atoms with van der Waals surface area (Å²) in [5.74, 6) is 0.733. The lowest BCUT2D eigenvalue weighted by Gasteiger charge is -2.37. The lowest BCUT2D eigenvalue weighted by Crippen LogP contribution is -2.45. The lowest BCUT2D eigenvalue weighted by molar-refractivity contribution is 0.259. The molecule has 0 saturated carbocycles. The standard InChI is InChI=1S/C13H17NO2/c15-12-4-3-8-7-11-9(2-1-5-14-11)6-10(8)13(12)16/h3-4,9,11,14-16H,1-2,5-7H2/t9?,11-/m0/s1.